The van der Waals surface area contributed by atoms with Crippen molar-refractivity contribution in [2.45, 2.75) is 38.6 Å². The van der Waals surface area contributed by atoms with E-state index < -0.39 is 0 Å². The summed E-state index contributed by atoms with van der Waals surface area (Å²) in [7, 11) is 0. The lowest BCUT2D eigenvalue weighted by molar-refractivity contribution is 0.181. The van der Waals surface area contributed by atoms with Crippen LogP contribution in [0, 0.1) is 5.92 Å². The summed E-state index contributed by atoms with van der Waals surface area (Å²) in [5.41, 5.74) is 0. The van der Waals surface area contributed by atoms with Crippen LogP contribution in [0.25, 0.3) is 0 Å². The van der Waals surface area contributed by atoms with Gasteiger partial charge in [0, 0.05) is 24.1 Å². The monoisotopic (exact) mass is 331 g/mol. The molecule has 0 aromatic carbocycles. The van der Waals surface area contributed by atoms with Gasteiger partial charge in [0.15, 0.2) is 0 Å². The zero-order chi connectivity index (χ0) is 12.8. The fraction of sp³-hybridized carbons (Fsp3) is 0.714. The van der Waals surface area contributed by atoms with Crippen LogP contribution in [0.4, 0.5) is 0 Å². The van der Waals surface area contributed by atoms with Gasteiger partial charge in [-0.2, -0.15) is 0 Å². The topological polar surface area (TPSA) is 21.3 Å². The fourth-order valence-corrected chi connectivity index (χ4v) is 4.03. The van der Waals surface area contributed by atoms with Crippen LogP contribution in [0.5, 0.6) is 0 Å². The first kappa shape index (κ1) is 14.5. The molecule has 2 heterocycles. The summed E-state index contributed by atoms with van der Waals surface area (Å²) in [6, 6.07) is 4.98. The van der Waals surface area contributed by atoms with Gasteiger partial charge in [-0.25, -0.2) is 0 Å². The smallest absolute Gasteiger partial charge is 0.0701 e. The Morgan fingerprint density at radius 2 is 2.44 bits per heavy atom. The molecule has 2 nitrogen and oxygen atoms in total. The normalized spacial score (nSPS) is 21.3. The molecule has 0 aliphatic carbocycles. The molecule has 0 radical (unpaired) electrons. The van der Waals surface area contributed by atoms with E-state index in [-0.39, 0.29) is 0 Å². The van der Waals surface area contributed by atoms with Gasteiger partial charge in [0.1, 0.15) is 0 Å². The molecular formula is C14H22BrNOS. The van der Waals surface area contributed by atoms with Crippen LogP contribution >= 0.6 is 27.3 Å². The first-order chi connectivity index (χ1) is 8.78. The molecule has 1 aliphatic heterocycles. The Labute approximate surface area is 122 Å². The second kappa shape index (κ2) is 7.63. The van der Waals surface area contributed by atoms with Crippen LogP contribution in [-0.4, -0.2) is 25.8 Å². The van der Waals surface area contributed by atoms with E-state index in [0.717, 1.165) is 32.1 Å². The Balaban J connectivity index is 1.86. The molecule has 1 aromatic rings. The molecule has 2 atom stereocenters. The number of nitrogens with one attached hydrogen (secondary N) is 1. The van der Waals surface area contributed by atoms with Crippen molar-refractivity contribution in [2.24, 2.45) is 5.92 Å². The summed E-state index contributed by atoms with van der Waals surface area (Å²) in [6.07, 6.45) is 4.83. The average Bonchev–Trinajstić information content (AvgIpc) is 2.98. The Morgan fingerprint density at radius 1 is 1.56 bits per heavy atom. The van der Waals surface area contributed by atoms with E-state index in [2.05, 4.69) is 40.3 Å². The van der Waals surface area contributed by atoms with E-state index in [4.69, 9.17) is 4.74 Å². The third-order valence-corrected chi connectivity index (χ3v) is 5.05. The molecule has 2 rings (SSSR count). The maximum absolute atomic E-state index is 5.48. The number of halogens is 1. The van der Waals surface area contributed by atoms with Crippen LogP contribution in [0.1, 0.15) is 31.1 Å². The largest absolute Gasteiger partial charge is 0.381 e. The highest BCUT2D eigenvalue weighted by Crippen LogP contribution is 2.25. The van der Waals surface area contributed by atoms with Gasteiger partial charge in [-0.1, -0.05) is 6.92 Å². The minimum absolute atomic E-state index is 0.599. The van der Waals surface area contributed by atoms with E-state index in [1.807, 2.05) is 11.3 Å². The summed E-state index contributed by atoms with van der Waals surface area (Å²) in [6.45, 7) is 5.25. The molecule has 102 valence electrons. The van der Waals surface area contributed by atoms with E-state index >= 15 is 0 Å². The predicted octanol–water partition coefficient (Wildman–Crippen LogP) is 3.85. The van der Waals surface area contributed by atoms with Gasteiger partial charge in [-0.3, -0.25) is 0 Å². The van der Waals surface area contributed by atoms with Crippen molar-refractivity contribution in [3.63, 3.8) is 0 Å². The highest BCUT2D eigenvalue weighted by molar-refractivity contribution is 9.11. The van der Waals surface area contributed by atoms with Crippen molar-refractivity contribution in [2.75, 3.05) is 19.8 Å². The van der Waals surface area contributed by atoms with Crippen molar-refractivity contribution in [3.8, 4) is 0 Å². The molecule has 2 unspecified atom stereocenters. The van der Waals surface area contributed by atoms with Crippen LogP contribution < -0.4 is 5.32 Å². The molecule has 1 saturated heterocycles. The quantitative estimate of drug-likeness (QED) is 0.819. The van der Waals surface area contributed by atoms with Crippen LogP contribution in [0.2, 0.25) is 0 Å². The van der Waals surface area contributed by atoms with E-state index in [1.54, 1.807) is 0 Å². The van der Waals surface area contributed by atoms with Gasteiger partial charge < -0.3 is 10.1 Å². The number of rotatable bonds is 7. The molecular weight excluding hydrogens is 310 g/mol. The first-order valence-corrected chi connectivity index (χ1v) is 8.44. The lowest BCUT2D eigenvalue weighted by Crippen LogP contribution is -2.33. The Kier molecular flexibility index (Phi) is 6.15. The summed E-state index contributed by atoms with van der Waals surface area (Å²) < 4.78 is 6.72. The molecule has 0 bridgehead atoms. The SMILES string of the molecule is CCCNC(Cc1ccc(Br)s1)CC1CCOC1. The zero-order valence-electron chi connectivity index (χ0n) is 11.0. The standard InChI is InChI=1S/C14H22BrNOS/c1-2-6-16-12(8-11-5-7-17-10-11)9-13-3-4-14(15)18-13/h3-4,11-12,16H,2,5-10H2,1H3. The van der Waals surface area contributed by atoms with E-state index in [9.17, 15) is 0 Å². The van der Waals surface area contributed by atoms with Crippen LogP contribution in [0.15, 0.2) is 15.9 Å². The predicted molar refractivity (Wildman–Crippen MR) is 81.3 cm³/mol. The van der Waals surface area contributed by atoms with Crippen LogP contribution in [0.3, 0.4) is 0 Å². The van der Waals surface area contributed by atoms with Gasteiger partial charge in [-0.15, -0.1) is 11.3 Å². The molecule has 1 N–H and O–H groups in total. The third-order valence-electron chi connectivity index (χ3n) is 3.40. The van der Waals surface area contributed by atoms with E-state index in [0.29, 0.717) is 6.04 Å². The maximum atomic E-state index is 5.48. The fourth-order valence-electron chi connectivity index (χ4n) is 2.46. The third kappa shape index (κ3) is 4.65. The molecule has 18 heavy (non-hydrogen) atoms. The summed E-state index contributed by atoms with van der Waals surface area (Å²) in [5.74, 6) is 0.753. The Hall–Kier alpha value is 0.1000. The summed E-state index contributed by atoms with van der Waals surface area (Å²) in [5, 5.41) is 3.69. The van der Waals surface area contributed by atoms with Gasteiger partial charge in [0.2, 0.25) is 0 Å². The van der Waals surface area contributed by atoms with E-state index in [1.165, 1.54) is 27.9 Å². The second-order valence-corrected chi connectivity index (χ2v) is 7.57. The zero-order valence-corrected chi connectivity index (χ0v) is 13.4. The lowest BCUT2D eigenvalue weighted by Gasteiger charge is -2.20. The Morgan fingerprint density at radius 3 is 3.06 bits per heavy atom. The van der Waals surface area contributed by atoms with Crippen molar-refractivity contribution < 1.29 is 4.74 Å². The summed E-state index contributed by atoms with van der Waals surface area (Å²) >= 11 is 5.39. The van der Waals surface area contributed by atoms with Crippen molar-refractivity contribution in [1.82, 2.24) is 5.32 Å². The van der Waals surface area contributed by atoms with Crippen molar-refractivity contribution >= 4 is 27.3 Å². The number of hydrogen-bond donors (Lipinski definition) is 1. The van der Waals surface area contributed by atoms with Gasteiger partial charge in [-0.05, 0) is 66.2 Å². The van der Waals surface area contributed by atoms with Crippen molar-refractivity contribution in [1.29, 1.82) is 0 Å². The minimum Gasteiger partial charge on any atom is -0.381 e. The first-order valence-electron chi connectivity index (χ1n) is 6.83. The molecule has 0 spiro atoms. The van der Waals surface area contributed by atoms with Gasteiger partial charge in [0.05, 0.1) is 3.79 Å². The Bertz CT molecular complexity index is 349. The lowest BCUT2D eigenvalue weighted by atomic mass is 9.96. The second-order valence-electron chi connectivity index (χ2n) is 5.03. The van der Waals surface area contributed by atoms with Gasteiger partial charge in [0.25, 0.3) is 0 Å². The number of ether oxygens (including phenoxy) is 1. The number of thiophene rings is 1. The summed E-state index contributed by atoms with van der Waals surface area (Å²) in [4.78, 5) is 1.47. The highest BCUT2D eigenvalue weighted by Gasteiger charge is 2.21. The maximum Gasteiger partial charge on any atom is 0.0701 e. The average molecular weight is 332 g/mol. The molecule has 0 amide bonds. The van der Waals surface area contributed by atoms with Gasteiger partial charge >= 0.3 is 0 Å². The molecule has 0 saturated carbocycles. The minimum atomic E-state index is 0.599. The van der Waals surface area contributed by atoms with Crippen LogP contribution in [-0.2, 0) is 11.2 Å². The molecule has 1 aliphatic rings. The molecule has 4 heteroatoms. The highest BCUT2D eigenvalue weighted by atomic mass is 79.9. The van der Waals surface area contributed by atoms with Crippen molar-refractivity contribution in [3.05, 3.63) is 20.8 Å². The molecule has 1 aromatic heterocycles. The molecule has 1 fully saturated rings. The number of hydrogen-bond acceptors (Lipinski definition) is 3.